The molecule has 0 aromatic heterocycles. The predicted molar refractivity (Wildman–Crippen MR) is 81.1 cm³/mol. The number of nitrogens with zero attached hydrogens (tertiary/aromatic N) is 1. The van der Waals surface area contributed by atoms with E-state index in [-0.39, 0.29) is 18.0 Å². The van der Waals surface area contributed by atoms with E-state index in [0.29, 0.717) is 18.4 Å². The Bertz CT molecular complexity index is 614. The minimum absolute atomic E-state index is 0.0593. The van der Waals surface area contributed by atoms with Crippen LogP contribution in [-0.2, 0) is 10.0 Å². The predicted octanol–water partition coefficient (Wildman–Crippen LogP) is 0.812. The van der Waals surface area contributed by atoms with E-state index in [2.05, 4.69) is 11.8 Å². The maximum atomic E-state index is 12.5. The molecule has 1 aromatic carbocycles. The summed E-state index contributed by atoms with van der Waals surface area (Å²) in [6, 6.07) is 6.52. The molecule has 0 radical (unpaired) electrons. The minimum atomic E-state index is -3.65. The van der Waals surface area contributed by atoms with Crippen molar-refractivity contribution in [3.8, 4) is 11.8 Å². The molecule has 0 aliphatic carbocycles. The summed E-state index contributed by atoms with van der Waals surface area (Å²) in [5, 5.41) is 18.0. The van der Waals surface area contributed by atoms with Crippen LogP contribution < -0.4 is 0 Å². The second-order valence-corrected chi connectivity index (χ2v) is 6.75. The summed E-state index contributed by atoms with van der Waals surface area (Å²) >= 11 is 0. The molecule has 0 saturated carbocycles. The summed E-state index contributed by atoms with van der Waals surface area (Å²) in [5.41, 5.74) is 0.412. The first-order chi connectivity index (χ1) is 9.89. The zero-order valence-corrected chi connectivity index (χ0v) is 13.1. The summed E-state index contributed by atoms with van der Waals surface area (Å²) in [7, 11) is -2.16. The maximum Gasteiger partial charge on any atom is 0.244 e. The van der Waals surface area contributed by atoms with Crippen LogP contribution in [0.15, 0.2) is 29.2 Å². The van der Waals surface area contributed by atoms with Gasteiger partial charge in [0.05, 0.1) is 17.6 Å². The Morgan fingerprint density at radius 2 is 2.00 bits per heavy atom. The molecule has 2 N–H and O–H groups in total. The summed E-state index contributed by atoms with van der Waals surface area (Å²) in [6.45, 7) is 1.80. The maximum absolute atomic E-state index is 12.5. The smallest absolute Gasteiger partial charge is 0.244 e. The normalized spacial score (nSPS) is 12.8. The van der Waals surface area contributed by atoms with E-state index in [4.69, 9.17) is 5.11 Å². The van der Waals surface area contributed by atoms with E-state index in [0.717, 1.165) is 0 Å². The van der Waals surface area contributed by atoms with Gasteiger partial charge in [0, 0.05) is 25.6 Å². The Kier molecular flexibility index (Phi) is 6.85. The van der Waals surface area contributed by atoms with Gasteiger partial charge in [-0.1, -0.05) is 24.0 Å². The second-order valence-electron chi connectivity index (χ2n) is 4.74. The van der Waals surface area contributed by atoms with Crippen LogP contribution in [0.5, 0.6) is 0 Å². The fourth-order valence-electron chi connectivity index (χ4n) is 1.67. The van der Waals surface area contributed by atoms with Gasteiger partial charge < -0.3 is 10.2 Å². The average Bonchev–Trinajstić information content (AvgIpc) is 2.45. The largest absolute Gasteiger partial charge is 0.395 e. The lowest BCUT2D eigenvalue weighted by Crippen LogP contribution is -2.30. The SMILES string of the molecule is CC(O)CCN(C)S(=O)(=O)c1ccccc1C#CCCO. The van der Waals surface area contributed by atoms with E-state index in [1.807, 2.05) is 0 Å². The molecule has 116 valence electrons. The van der Waals surface area contributed by atoms with Crippen molar-refractivity contribution in [1.82, 2.24) is 4.31 Å². The van der Waals surface area contributed by atoms with E-state index in [1.54, 1.807) is 25.1 Å². The number of aliphatic hydroxyl groups is 2. The van der Waals surface area contributed by atoms with Crippen molar-refractivity contribution >= 4 is 10.0 Å². The first-order valence-corrected chi connectivity index (χ1v) is 8.16. The molecule has 1 rings (SSSR count). The highest BCUT2D eigenvalue weighted by Gasteiger charge is 2.23. The number of rotatable bonds is 6. The van der Waals surface area contributed by atoms with Gasteiger partial charge in [-0.25, -0.2) is 12.7 Å². The number of aliphatic hydroxyl groups excluding tert-OH is 2. The average molecular weight is 311 g/mol. The highest BCUT2D eigenvalue weighted by molar-refractivity contribution is 7.89. The molecule has 0 saturated heterocycles. The van der Waals surface area contributed by atoms with Crippen molar-refractivity contribution < 1.29 is 18.6 Å². The van der Waals surface area contributed by atoms with Crippen LogP contribution in [0, 0.1) is 11.8 Å². The molecule has 0 spiro atoms. The van der Waals surface area contributed by atoms with Crippen LogP contribution in [0.25, 0.3) is 0 Å². The molecule has 1 atom stereocenters. The first-order valence-electron chi connectivity index (χ1n) is 6.72. The highest BCUT2D eigenvalue weighted by atomic mass is 32.2. The Morgan fingerprint density at radius 1 is 1.33 bits per heavy atom. The van der Waals surface area contributed by atoms with Gasteiger partial charge in [0.2, 0.25) is 10.0 Å². The number of hydrogen-bond acceptors (Lipinski definition) is 4. The van der Waals surface area contributed by atoms with Gasteiger partial charge in [-0.05, 0) is 25.5 Å². The Balaban J connectivity index is 3.06. The minimum Gasteiger partial charge on any atom is -0.395 e. The standard InChI is InChI=1S/C15H21NO4S/c1-13(18)10-11-16(2)21(19,20)15-9-4-3-7-14(15)8-5-6-12-17/h3-4,7,9,13,17-18H,6,10-12H2,1-2H3. The molecular weight excluding hydrogens is 290 g/mol. The van der Waals surface area contributed by atoms with E-state index in [1.165, 1.54) is 17.4 Å². The van der Waals surface area contributed by atoms with Crippen molar-refractivity contribution in [2.45, 2.75) is 30.8 Å². The lowest BCUT2D eigenvalue weighted by atomic mass is 10.2. The van der Waals surface area contributed by atoms with Crippen molar-refractivity contribution in [3.05, 3.63) is 29.8 Å². The zero-order chi connectivity index (χ0) is 15.9. The van der Waals surface area contributed by atoms with Crippen LogP contribution in [-0.4, -0.2) is 49.2 Å². The summed E-state index contributed by atoms with van der Waals surface area (Å²) in [5.74, 6) is 5.50. The molecule has 5 nitrogen and oxygen atoms in total. The lowest BCUT2D eigenvalue weighted by Gasteiger charge is -2.18. The van der Waals surface area contributed by atoms with Crippen molar-refractivity contribution in [2.24, 2.45) is 0 Å². The summed E-state index contributed by atoms with van der Waals surface area (Å²) in [4.78, 5) is 0.142. The molecule has 0 amide bonds. The zero-order valence-electron chi connectivity index (χ0n) is 12.3. The van der Waals surface area contributed by atoms with Gasteiger partial charge in [-0.2, -0.15) is 0 Å². The van der Waals surface area contributed by atoms with E-state index >= 15 is 0 Å². The number of hydrogen-bond donors (Lipinski definition) is 2. The molecule has 1 unspecified atom stereocenters. The van der Waals surface area contributed by atoms with Crippen LogP contribution in [0.4, 0.5) is 0 Å². The Morgan fingerprint density at radius 3 is 2.62 bits per heavy atom. The van der Waals surface area contributed by atoms with Crippen molar-refractivity contribution in [2.75, 3.05) is 20.2 Å². The molecule has 1 aromatic rings. The van der Waals surface area contributed by atoms with Gasteiger partial charge in [0.1, 0.15) is 0 Å². The summed E-state index contributed by atoms with van der Waals surface area (Å²) in [6.07, 6.45) is 0.114. The quantitative estimate of drug-likeness (QED) is 0.762. The summed E-state index contributed by atoms with van der Waals surface area (Å²) < 4.78 is 26.3. The van der Waals surface area contributed by atoms with Crippen LogP contribution in [0.3, 0.4) is 0 Å². The Labute approximate surface area is 126 Å². The monoisotopic (exact) mass is 311 g/mol. The third-order valence-electron chi connectivity index (χ3n) is 2.90. The van der Waals surface area contributed by atoms with Crippen LogP contribution >= 0.6 is 0 Å². The van der Waals surface area contributed by atoms with Gasteiger partial charge >= 0.3 is 0 Å². The molecular formula is C15H21NO4S. The third kappa shape index (κ3) is 5.14. The van der Waals surface area contributed by atoms with Crippen molar-refractivity contribution in [3.63, 3.8) is 0 Å². The number of sulfonamides is 1. The molecule has 0 fully saturated rings. The van der Waals surface area contributed by atoms with Crippen molar-refractivity contribution in [1.29, 1.82) is 0 Å². The van der Waals surface area contributed by atoms with Gasteiger partial charge in [-0.15, -0.1) is 0 Å². The molecule has 0 aliphatic heterocycles. The van der Waals surface area contributed by atoms with Gasteiger partial charge in [-0.3, -0.25) is 0 Å². The molecule has 21 heavy (non-hydrogen) atoms. The molecule has 0 heterocycles. The Hall–Kier alpha value is -1.39. The molecule has 0 bridgehead atoms. The van der Waals surface area contributed by atoms with Gasteiger partial charge in [0.25, 0.3) is 0 Å². The highest BCUT2D eigenvalue weighted by Crippen LogP contribution is 2.19. The second kappa shape index (κ2) is 8.15. The molecule has 6 heteroatoms. The fraction of sp³-hybridized carbons (Fsp3) is 0.467. The first kappa shape index (κ1) is 17.7. The van der Waals surface area contributed by atoms with E-state index < -0.39 is 16.1 Å². The topological polar surface area (TPSA) is 77.8 Å². The number of benzene rings is 1. The lowest BCUT2D eigenvalue weighted by molar-refractivity contribution is 0.177. The van der Waals surface area contributed by atoms with Crippen LogP contribution in [0.2, 0.25) is 0 Å². The third-order valence-corrected chi connectivity index (χ3v) is 4.81. The van der Waals surface area contributed by atoms with Crippen LogP contribution in [0.1, 0.15) is 25.3 Å². The van der Waals surface area contributed by atoms with E-state index in [9.17, 15) is 13.5 Å². The van der Waals surface area contributed by atoms with Gasteiger partial charge in [0.15, 0.2) is 0 Å². The fourth-order valence-corrected chi connectivity index (χ4v) is 2.99. The molecule has 0 aliphatic rings.